The minimum absolute atomic E-state index is 0.0371. The molecular formula is C21H21F2N3O5S. The van der Waals surface area contributed by atoms with E-state index in [2.05, 4.69) is 10.1 Å². The molecule has 32 heavy (non-hydrogen) atoms. The van der Waals surface area contributed by atoms with Gasteiger partial charge in [-0.1, -0.05) is 31.1 Å². The summed E-state index contributed by atoms with van der Waals surface area (Å²) in [5.74, 6) is -2.56. The number of carboxylic acid groups (broad SMARTS) is 1. The molecule has 0 amide bonds. The van der Waals surface area contributed by atoms with Gasteiger partial charge in [-0.05, 0) is 48.7 Å². The van der Waals surface area contributed by atoms with E-state index in [-0.39, 0.29) is 34.9 Å². The van der Waals surface area contributed by atoms with Crippen molar-refractivity contribution < 1.29 is 31.6 Å². The summed E-state index contributed by atoms with van der Waals surface area (Å²) in [6.45, 7) is 5.15. The Bertz CT molecular complexity index is 1260. The Hall–Kier alpha value is -3.18. The highest BCUT2D eigenvalue weighted by Gasteiger charge is 2.27. The van der Waals surface area contributed by atoms with E-state index in [1.54, 1.807) is 0 Å². The number of rotatable bonds is 8. The fraction of sp³-hybridized carbons (Fsp3) is 0.286. The third kappa shape index (κ3) is 5.17. The minimum atomic E-state index is -4.33. The Labute approximate surface area is 183 Å². The maximum Gasteiger partial charge on any atom is 0.322 e. The van der Waals surface area contributed by atoms with Crippen LogP contribution in [0.2, 0.25) is 0 Å². The molecule has 0 saturated heterocycles. The lowest BCUT2D eigenvalue weighted by Gasteiger charge is -2.15. The molecule has 3 aromatic rings. The molecule has 1 unspecified atom stereocenters. The molecule has 0 fully saturated rings. The molecule has 0 aliphatic carbocycles. The first-order valence-electron chi connectivity index (χ1n) is 9.61. The van der Waals surface area contributed by atoms with E-state index in [0.717, 1.165) is 12.1 Å². The molecule has 0 saturated carbocycles. The lowest BCUT2D eigenvalue weighted by molar-refractivity contribution is -0.138. The van der Waals surface area contributed by atoms with Crippen LogP contribution in [0.25, 0.3) is 11.4 Å². The summed E-state index contributed by atoms with van der Waals surface area (Å²) in [6.07, 6.45) is -0.344. The van der Waals surface area contributed by atoms with Crippen LogP contribution in [-0.4, -0.2) is 35.7 Å². The Morgan fingerprint density at radius 2 is 1.88 bits per heavy atom. The zero-order valence-electron chi connectivity index (χ0n) is 17.5. The van der Waals surface area contributed by atoms with Crippen LogP contribution < -0.4 is 4.72 Å². The van der Waals surface area contributed by atoms with Crippen molar-refractivity contribution in [2.45, 2.75) is 44.0 Å². The number of aliphatic carboxylic acids is 1. The Morgan fingerprint density at radius 1 is 1.16 bits per heavy atom. The quantitative estimate of drug-likeness (QED) is 0.523. The zero-order valence-corrected chi connectivity index (χ0v) is 18.3. The molecule has 2 N–H and O–H groups in total. The smallest absolute Gasteiger partial charge is 0.322 e. The van der Waals surface area contributed by atoms with Crippen molar-refractivity contribution in [3.05, 3.63) is 65.1 Å². The minimum Gasteiger partial charge on any atom is -0.480 e. The topological polar surface area (TPSA) is 122 Å². The molecule has 8 nitrogen and oxygen atoms in total. The second-order valence-corrected chi connectivity index (χ2v) is 9.27. The highest BCUT2D eigenvalue weighted by Crippen LogP contribution is 2.24. The summed E-state index contributed by atoms with van der Waals surface area (Å²) in [4.78, 5) is 15.4. The highest BCUT2D eigenvalue weighted by molar-refractivity contribution is 7.89. The molecule has 0 bridgehead atoms. The molecule has 0 radical (unpaired) electrons. The largest absolute Gasteiger partial charge is 0.480 e. The van der Waals surface area contributed by atoms with Gasteiger partial charge in [0.25, 0.3) is 0 Å². The maximum atomic E-state index is 14.6. The number of sulfonamides is 1. The number of aryl methyl sites for hydroxylation is 1. The van der Waals surface area contributed by atoms with Gasteiger partial charge in [0.1, 0.15) is 17.7 Å². The van der Waals surface area contributed by atoms with Crippen LogP contribution >= 0.6 is 0 Å². The van der Waals surface area contributed by atoms with Crippen molar-refractivity contribution in [3.8, 4) is 11.4 Å². The fourth-order valence-corrected chi connectivity index (χ4v) is 4.06. The Morgan fingerprint density at radius 3 is 2.44 bits per heavy atom. The summed E-state index contributed by atoms with van der Waals surface area (Å²) in [5, 5.41) is 13.2. The molecule has 11 heteroatoms. The normalized spacial score (nSPS) is 12.8. The van der Waals surface area contributed by atoms with E-state index in [0.29, 0.717) is 5.89 Å². The van der Waals surface area contributed by atoms with Gasteiger partial charge in [-0.3, -0.25) is 4.79 Å². The predicted molar refractivity (Wildman–Crippen MR) is 110 cm³/mol. The van der Waals surface area contributed by atoms with Crippen LogP contribution in [0.3, 0.4) is 0 Å². The van der Waals surface area contributed by atoms with Crippen LogP contribution in [0, 0.1) is 18.6 Å². The zero-order chi connectivity index (χ0) is 23.6. The molecule has 2 aromatic carbocycles. The summed E-state index contributed by atoms with van der Waals surface area (Å²) in [7, 11) is -4.33. The monoisotopic (exact) mass is 465 g/mol. The van der Waals surface area contributed by atoms with Gasteiger partial charge in [0, 0.05) is 5.92 Å². The molecule has 1 heterocycles. The lowest BCUT2D eigenvalue weighted by Crippen LogP contribution is -2.42. The summed E-state index contributed by atoms with van der Waals surface area (Å²) >= 11 is 0. The second kappa shape index (κ2) is 9.13. The van der Waals surface area contributed by atoms with Gasteiger partial charge in [0.15, 0.2) is 0 Å². The number of benzene rings is 2. The number of hydrogen-bond acceptors (Lipinski definition) is 6. The van der Waals surface area contributed by atoms with Crippen molar-refractivity contribution >= 4 is 16.0 Å². The van der Waals surface area contributed by atoms with Crippen LogP contribution in [0.15, 0.2) is 45.8 Å². The number of nitrogens with one attached hydrogen (secondary N) is 1. The van der Waals surface area contributed by atoms with Crippen molar-refractivity contribution in [3.63, 3.8) is 0 Å². The first kappa shape index (κ1) is 23.5. The number of hydrogen-bond donors (Lipinski definition) is 2. The molecule has 1 aromatic heterocycles. The molecule has 170 valence electrons. The second-order valence-electron chi connectivity index (χ2n) is 7.55. The predicted octanol–water partition coefficient (Wildman–Crippen LogP) is 3.42. The van der Waals surface area contributed by atoms with E-state index in [9.17, 15) is 27.1 Å². The standard InChI is InChI=1S/C21H21F2N3O5S/c1-11(2)20-24-19(25-31-20)15-7-5-13(8-17(15)23)9-18(21(27)28)26-32(29,30)14-6-4-12(3)16(22)10-14/h4-8,10-11,18,26H,9H2,1-3H3,(H,27,28). The molecule has 0 spiro atoms. The summed E-state index contributed by atoms with van der Waals surface area (Å²) in [5.41, 5.74) is 0.535. The van der Waals surface area contributed by atoms with Gasteiger partial charge in [0.05, 0.1) is 10.5 Å². The van der Waals surface area contributed by atoms with Gasteiger partial charge in [-0.25, -0.2) is 17.2 Å². The molecule has 0 aliphatic rings. The lowest BCUT2D eigenvalue weighted by atomic mass is 10.0. The summed E-state index contributed by atoms with van der Waals surface area (Å²) < 4.78 is 60.5. The van der Waals surface area contributed by atoms with E-state index in [1.165, 1.54) is 31.2 Å². The first-order valence-corrected chi connectivity index (χ1v) is 11.1. The van der Waals surface area contributed by atoms with Gasteiger partial charge in [-0.15, -0.1) is 0 Å². The third-order valence-corrected chi connectivity index (χ3v) is 6.17. The maximum absolute atomic E-state index is 14.6. The number of nitrogens with zero attached hydrogens (tertiary/aromatic N) is 2. The van der Waals surface area contributed by atoms with Crippen molar-refractivity contribution in [1.29, 1.82) is 0 Å². The van der Waals surface area contributed by atoms with E-state index < -0.39 is 38.6 Å². The number of halogens is 2. The average molecular weight is 465 g/mol. The Kier molecular flexibility index (Phi) is 6.70. The van der Waals surface area contributed by atoms with E-state index >= 15 is 0 Å². The number of carbonyl (C=O) groups is 1. The molecule has 3 rings (SSSR count). The van der Waals surface area contributed by atoms with Gasteiger partial charge in [0.2, 0.25) is 21.7 Å². The molecule has 1 atom stereocenters. The van der Waals surface area contributed by atoms with Crippen LogP contribution in [0.5, 0.6) is 0 Å². The van der Waals surface area contributed by atoms with Crippen LogP contribution in [-0.2, 0) is 21.2 Å². The van der Waals surface area contributed by atoms with Crippen molar-refractivity contribution in [2.24, 2.45) is 0 Å². The van der Waals surface area contributed by atoms with Crippen LogP contribution in [0.4, 0.5) is 8.78 Å². The van der Waals surface area contributed by atoms with E-state index in [4.69, 9.17) is 4.52 Å². The average Bonchev–Trinajstić information content (AvgIpc) is 3.19. The Balaban J connectivity index is 1.82. The SMILES string of the molecule is Cc1ccc(S(=O)(=O)NC(Cc2ccc(-c3noc(C(C)C)n3)c(F)c2)C(=O)O)cc1F. The highest BCUT2D eigenvalue weighted by atomic mass is 32.2. The third-order valence-electron chi connectivity index (χ3n) is 4.70. The number of carboxylic acids is 1. The van der Waals surface area contributed by atoms with Gasteiger partial charge >= 0.3 is 5.97 Å². The first-order chi connectivity index (χ1) is 15.0. The number of aromatic nitrogens is 2. The fourth-order valence-electron chi connectivity index (χ4n) is 2.86. The molecule has 0 aliphatic heterocycles. The van der Waals surface area contributed by atoms with Crippen molar-refractivity contribution in [2.75, 3.05) is 0 Å². The van der Waals surface area contributed by atoms with Gasteiger partial charge < -0.3 is 9.63 Å². The summed E-state index contributed by atoms with van der Waals surface area (Å²) in [6, 6.07) is 5.54. The molecular weight excluding hydrogens is 444 g/mol. The van der Waals surface area contributed by atoms with E-state index in [1.807, 2.05) is 18.6 Å². The van der Waals surface area contributed by atoms with Crippen LogP contribution in [0.1, 0.15) is 36.8 Å². The van der Waals surface area contributed by atoms with Gasteiger partial charge in [-0.2, -0.15) is 9.71 Å². The van der Waals surface area contributed by atoms with Crippen molar-refractivity contribution in [1.82, 2.24) is 14.9 Å².